The number of nitrogens with one attached hydrogen (secondary N) is 1. The van der Waals surface area contributed by atoms with Gasteiger partial charge in [0.2, 0.25) is 0 Å². The van der Waals surface area contributed by atoms with Crippen LogP contribution in [0.1, 0.15) is 11.3 Å². The summed E-state index contributed by atoms with van der Waals surface area (Å²) in [7, 11) is -0.680. The molecule has 1 aliphatic rings. The maximum atomic E-state index is 11.6. The molecule has 208 valence electrons. The largest absolute Gasteiger partial charge is 0.489 e. The molecule has 1 fully saturated rings. The van der Waals surface area contributed by atoms with Crippen molar-refractivity contribution < 1.29 is 13.4 Å². The minimum Gasteiger partial charge on any atom is -0.489 e. The van der Waals surface area contributed by atoms with Crippen LogP contribution in [0.15, 0.2) is 95.7 Å². The third-order valence-corrected chi connectivity index (χ3v) is 7.87. The van der Waals surface area contributed by atoms with E-state index in [1.54, 1.807) is 6.33 Å². The summed E-state index contributed by atoms with van der Waals surface area (Å²) in [6.07, 6.45) is 1.57. The molecule has 0 radical (unpaired) electrons. The van der Waals surface area contributed by atoms with Crippen molar-refractivity contribution in [3.8, 4) is 17.1 Å². The van der Waals surface area contributed by atoms with Crippen molar-refractivity contribution in [2.45, 2.75) is 13.2 Å². The topological polar surface area (TPSA) is 80.5 Å². The van der Waals surface area contributed by atoms with Crippen molar-refractivity contribution in [1.29, 1.82) is 0 Å². The van der Waals surface area contributed by atoms with Crippen molar-refractivity contribution in [2.24, 2.45) is 0 Å². The first-order chi connectivity index (χ1) is 18.7. The third-order valence-electron chi connectivity index (χ3n) is 6.60. The molecule has 0 saturated carbocycles. The highest BCUT2D eigenvalue weighted by Gasteiger charge is 2.17. The summed E-state index contributed by atoms with van der Waals surface area (Å²) in [5, 5.41) is 4.33. The lowest BCUT2D eigenvalue weighted by Gasteiger charge is -2.24. The Balaban J connectivity index is 0.00000185. The van der Waals surface area contributed by atoms with Crippen molar-refractivity contribution in [3.63, 3.8) is 0 Å². The highest BCUT2D eigenvalue weighted by molar-refractivity contribution is 7.85. The van der Waals surface area contributed by atoms with Crippen LogP contribution in [0.2, 0.25) is 0 Å². The molecule has 1 aliphatic heterocycles. The fourth-order valence-electron chi connectivity index (χ4n) is 4.49. The van der Waals surface area contributed by atoms with E-state index >= 15 is 0 Å². The van der Waals surface area contributed by atoms with Crippen LogP contribution in [0.25, 0.3) is 22.2 Å². The summed E-state index contributed by atoms with van der Waals surface area (Å²) in [6.45, 7) is 2.93. The van der Waals surface area contributed by atoms with Crippen molar-refractivity contribution in [1.82, 2.24) is 14.9 Å². The first-order valence-corrected chi connectivity index (χ1v) is 14.1. The van der Waals surface area contributed by atoms with E-state index in [9.17, 15) is 4.21 Å². The molecule has 1 saturated heterocycles. The number of halogens is 2. The second-order valence-electron chi connectivity index (χ2n) is 9.27. The van der Waals surface area contributed by atoms with Gasteiger partial charge in [0, 0.05) is 52.0 Å². The Bertz CT molecular complexity index is 1550. The third kappa shape index (κ3) is 7.20. The Kier molecular flexibility index (Phi) is 10.2. The van der Waals surface area contributed by atoms with Crippen LogP contribution >= 0.6 is 24.8 Å². The van der Waals surface area contributed by atoms with Gasteiger partial charge in [0.1, 0.15) is 36.0 Å². The van der Waals surface area contributed by atoms with E-state index in [1.807, 2.05) is 78.9 Å². The summed E-state index contributed by atoms with van der Waals surface area (Å²) in [6, 6.07) is 28.1. The summed E-state index contributed by atoms with van der Waals surface area (Å²) in [4.78, 5) is 11.2. The van der Waals surface area contributed by atoms with Gasteiger partial charge in [-0.3, -0.25) is 9.11 Å². The maximum absolute atomic E-state index is 11.6. The molecule has 0 atom stereocenters. The number of rotatable bonds is 8. The Morgan fingerprint density at radius 3 is 2.45 bits per heavy atom. The van der Waals surface area contributed by atoms with E-state index in [0.29, 0.717) is 6.61 Å². The van der Waals surface area contributed by atoms with E-state index < -0.39 is 10.8 Å². The Morgan fingerprint density at radius 1 is 0.900 bits per heavy atom. The minimum absolute atomic E-state index is 0. The van der Waals surface area contributed by atoms with E-state index in [0.717, 1.165) is 81.9 Å². The molecule has 0 amide bonds. The second-order valence-corrected chi connectivity index (χ2v) is 11.0. The maximum Gasteiger partial charge on any atom is 0.141 e. The predicted molar refractivity (Wildman–Crippen MR) is 165 cm³/mol. The van der Waals surface area contributed by atoms with Gasteiger partial charge in [-0.15, -0.1) is 24.8 Å². The number of aromatic nitrogens is 2. The highest BCUT2D eigenvalue weighted by atomic mass is 35.5. The number of anilines is 2. The van der Waals surface area contributed by atoms with E-state index in [4.69, 9.17) is 9.15 Å². The minimum atomic E-state index is -0.680. The number of furan rings is 1. The highest BCUT2D eigenvalue weighted by Crippen LogP contribution is 2.30. The smallest absolute Gasteiger partial charge is 0.141 e. The molecular formula is C30H30Cl2N4O3S. The monoisotopic (exact) mass is 596 g/mol. The van der Waals surface area contributed by atoms with Crippen LogP contribution < -0.4 is 10.1 Å². The Morgan fingerprint density at radius 2 is 1.68 bits per heavy atom. The van der Waals surface area contributed by atoms with Gasteiger partial charge in [-0.1, -0.05) is 30.3 Å². The van der Waals surface area contributed by atoms with E-state index in [-0.39, 0.29) is 24.8 Å². The van der Waals surface area contributed by atoms with Crippen LogP contribution in [0, 0.1) is 0 Å². The lowest BCUT2D eigenvalue weighted by molar-refractivity contribution is 0.266. The van der Waals surface area contributed by atoms with Gasteiger partial charge in [0.05, 0.1) is 12.1 Å². The van der Waals surface area contributed by atoms with Crippen LogP contribution in [-0.4, -0.2) is 43.7 Å². The molecule has 3 heterocycles. The molecule has 6 rings (SSSR count). The molecule has 2 aromatic heterocycles. The quantitative estimate of drug-likeness (QED) is 0.215. The molecule has 0 spiro atoms. The summed E-state index contributed by atoms with van der Waals surface area (Å²) in [5.74, 6) is 4.71. The van der Waals surface area contributed by atoms with Crippen LogP contribution in [0.5, 0.6) is 5.75 Å². The SMILES string of the molecule is Cl.Cl.O=S1CCN(Cc2ccc(-c3ccc4ncnc(Nc5ccc(OCc6ccccc6)cc5)c4c3)o2)CC1. The number of ether oxygens (including phenoxy) is 1. The molecular weight excluding hydrogens is 567 g/mol. The lowest BCUT2D eigenvalue weighted by Crippen LogP contribution is -2.37. The number of fused-ring (bicyclic) bond motifs is 1. The van der Waals surface area contributed by atoms with Crippen molar-refractivity contribution >= 4 is 58.0 Å². The molecule has 0 aliphatic carbocycles. The summed E-state index contributed by atoms with van der Waals surface area (Å²) < 4.78 is 23.7. The average Bonchev–Trinajstić information content (AvgIpc) is 3.43. The van der Waals surface area contributed by atoms with Gasteiger partial charge < -0.3 is 14.5 Å². The fourth-order valence-corrected chi connectivity index (χ4v) is 5.62. The normalized spacial score (nSPS) is 13.8. The van der Waals surface area contributed by atoms with Gasteiger partial charge in [0.15, 0.2) is 0 Å². The van der Waals surface area contributed by atoms with Crippen molar-refractivity contribution in [3.05, 3.63) is 103 Å². The predicted octanol–water partition coefficient (Wildman–Crippen LogP) is 6.62. The average molecular weight is 598 g/mol. The Hall–Kier alpha value is -3.43. The zero-order valence-corrected chi connectivity index (χ0v) is 24.1. The molecule has 5 aromatic rings. The molecule has 7 nitrogen and oxygen atoms in total. The van der Waals surface area contributed by atoms with E-state index in [1.165, 1.54) is 0 Å². The molecule has 10 heteroatoms. The number of nitrogens with zero attached hydrogens (tertiary/aromatic N) is 3. The van der Waals surface area contributed by atoms with Gasteiger partial charge in [-0.05, 0) is 60.2 Å². The first-order valence-electron chi connectivity index (χ1n) is 12.6. The van der Waals surface area contributed by atoms with Gasteiger partial charge in [0.25, 0.3) is 0 Å². The fraction of sp³-hybridized carbons (Fsp3) is 0.200. The lowest BCUT2D eigenvalue weighted by atomic mass is 10.1. The zero-order chi connectivity index (χ0) is 25.7. The van der Waals surface area contributed by atoms with Crippen molar-refractivity contribution in [2.75, 3.05) is 29.9 Å². The van der Waals surface area contributed by atoms with Gasteiger partial charge >= 0.3 is 0 Å². The van der Waals surface area contributed by atoms with E-state index in [2.05, 4.69) is 26.3 Å². The zero-order valence-electron chi connectivity index (χ0n) is 21.7. The first kappa shape index (κ1) is 29.6. The number of hydrogen-bond donors (Lipinski definition) is 1. The standard InChI is InChI=1S/C30H28N4O3S.2ClH/c35-38-16-14-34(15-17-38)19-26-11-13-29(37-26)23-6-12-28-27(18-23)30(32-21-31-28)33-24-7-9-25(10-8-24)36-20-22-4-2-1-3-5-22;;/h1-13,18,21H,14-17,19-20H2,(H,31,32,33);2*1H. The number of benzene rings is 3. The van der Waals surface area contributed by atoms with Crippen LogP contribution in [0.3, 0.4) is 0 Å². The Labute approximate surface area is 248 Å². The molecule has 0 unspecified atom stereocenters. The van der Waals surface area contributed by atoms with Gasteiger partial charge in [-0.2, -0.15) is 0 Å². The van der Waals surface area contributed by atoms with Gasteiger partial charge in [-0.25, -0.2) is 9.97 Å². The molecule has 40 heavy (non-hydrogen) atoms. The van der Waals surface area contributed by atoms with Crippen LogP contribution in [0.4, 0.5) is 11.5 Å². The summed E-state index contributed by atoms with van der Waals surface area (Å²) in [5.41, 5.74) is 3.85. The number of hydrogen-bond acceptors (Lipinski definition) is 7. The van der Waals surface area contributed by atoms with Crippen LogP contribution in [-0.2, 0) is 24.0 Å². The molecule has 1 N–H and O–H groups in total. The molecule has 0 bridgehead atoms. The molecule has 3 aromatic carbocycles. The second kappa shape index (κ2) is 13.8. The summed E-state index contributed by atoms with van der Waals surface area (Å²) >= 11 is 0.